The highest BCUT2D eigenvalue weighted by Crippen LogP contribution is 2.24. The van der Waals surface area contributed by atoms with E-state index in [2.05, 4.69) is 15.9 Å². The summed E-state index contributed by atoms with van der Waals surface area (Å²) >= 11 is 3.33. The first-order valence-electron chi connectivity index (χ1n) is 6.46. The minimum absolute atomic E-state index is 0.0531. The van der Waals surface area contributed by atoms with Gasteiger partial charge in [0.1, 0.15) is 0 Å². The van der Waals surface area contributed by atoms with Crippen molar-refractivity contribution >= 4 is 27.5 Å². The zero-order valence-electron chi connectivity index (χ0n) is 11.0. The summed E-state index contributed by atoms with van der Waals surface area (Å²) in [6, 6.07) is 5.30. The molecule has 1 amide bonds. The fourth-order valence-electron chi connectivity index (χ4n) is 2.37. The Kier molecular flexibility index (Phi) is 4.16. The van der Waals surface area contributed by atoms with Crippen molar-refractivity contribution in [1.82, 2.24) is 4.90 Å². The number of nitrogen functional groups attached to an aromatic ring is 1. The van der Waals surface area contributed by atoms with Gasteiger partial charge in [0.15, 0.2) is 0 Å². The lowest BCUT2D eigenvalue weighted by molar-refractivity contribution is 0.0438. The van der Waals surface area contributed by atoms with Gasteiger partial charge in [0.2, 0.25) is 0 Å². The van der Waals surface area contributed by atoms with Gasteiger partial charge in [-0.2, -0.15) is 0 Å². The third-order valence-electron chi connectivity index (χ3n) is 3.59. The number of aliphatic hydroxyl groups is 1. The molecular formula is C14H19BrN2O2. The third-order valence-corrected chi connectivity index (χ3v) is 4.09. The van der Waals surface area contributed by atoms with Crippen molar-refractivity contribution in [1.29, 1.82) is 0 Å². The van der Waals surface area contributed by atoms with Crippen molar-refractivity contribution in [2.45, 2.75) is 31.8 Å². The summed E-state index contributed by atoms with van der Waals surface area (Å²) in [7, 11) is 0. The lowest BCUT2D eigenvalue weighted by Crippen LogP contribution is -2.33. The number of likely N-dealkylation sites (tertiary alicyclic amines) is 1. The van der Waals surface area contributed by atoms with Crippen LogP contribution in [0.4, 0.5) is 5.69 Å². The SMILES string of the molecule is CC1(O)CCCN(C(=O)c2ccc(Br)cc2N)CC1. The zero-order chi connectivity index (χ0) is 14.0. The average Bonchev–Trinajstić information content (AvgIpc) is 2.49. The van der Waals surface area contributed by atoms with Gasteiger partial charge in [-0.15, -0.1) is 0 Å². The first kappa shape index (κ1) is 14.3. The first-order chi connectivity index (χ1) is 8.89. The van der Waals surface area contributed by atoms with E-state index < -0.39 is 5.60 Å². The predicted molar refractivity (Wildman–Crippen MR) is 78.9 cm³/mol. The van der Waals surface area contributed by atoms with E-state index >= 15 is 0 Å². The number of carbonyl (C=O) groups excluding carboxylic acids is 1. The molecule has 1 heterocycles. The summed E-state index contributed by atoms with van der Waals surface area (Å²) in [6.07, 6.45) is 2.15. The van der Waals surface area contributed by atoms with Crippen LogP contribution in [-0.4, -0.2) is 34.6 Å². The monoisotopic (exact) mass is 326 g/mol. The largest absolute Gasteiger partial charge is 0.398 e. The second-order valence-electron chi connectivity index (χ2n) is 5.37. The van der Waals surface area contributed by atoms with E-state index in [0.717, 1.165) is 17.3 Å². The number of halogens is 1. The lowest BCUT2D eigenvalue weighted by atomic mass is 9.98. The molecular weight excluding hydrogens is 308 g/mol. The Morgan fingerprint density at radius 1 is 1.42 bits per heavy atom. The van der Waals surface area contributed by atoms with Crippen LogP contribution < -0.4 is 5.73 Å². The molecule has 1 unspecified atom stereocenters. The molecule has 1 aliphatic heterocycles. The molecule has 5 heteroatoms. The Morgan fingerprint density at radius 3 is 2.84 bits per heavy atom. The molecule has 0 aliphatic carbocycles. The number of benzene rings is 1. The third kappa shape index (κ3) is 3.48. The maximum absolute atomic E-state index is 12.4. The quantitative estimate of drug-likeness (QED) is 0.779. The molecule has 0 radical (unpaired) electrons. The highest BCUT2D eigenvalue weighted by molar-refractivity contribution is 9.10. The van der Waals surface area contributed by atoms with E-state index in [9.17, 15) is 9.90 Å². The molecule has 0 saturated carbocycles. The normalized spacial score (nSPS) is 24.1. The van der Waals surface area contributed by atoms with Crippen molar-refractivity contribution in [3.63, 3.8) is 0 Å². The topological polar surface area (TPSA) is 66.6 Å². The first-order valence-corrected chi connectivity index (χ1v) is 7.25. The van der Waals surface area contributed by atoms with Crippen LogP contribution in [0.25, 0.3) is 0 Å². The van der Waals surface area contributed by atoms with Gasteiger partial charge in [0.25, 0.3) is 5.91 Å². The Balaban J connectivity index is 2.15. The standard InChI is InChI=1S/C14H19BrN2O2/c1-14(19)5-2-7-17(8-6-14)13(18)11-4-3-10(15)9-12(11)16/h3-4,9,19H,2,5-8,16H2,1H3. The van der Waals surface area contributed by atoms with Crippen LogP contribution in [0, 0.1) is 0 Å². The van der Waals surface area contributed by atoms with Gasteiger partial charge in [-0.1, -0.05) is 15.9 Å². The zero-order valence-corrected chi connectivity index (χ0v) is 12.6. The van der Waals surface area contributed by atoms with E-state index in [1.807, 2.05) is 13.0 Å². The van der Waals surface area contributed by atoms with Crippen molar-refractivity contribution in [2.75, 3.05) is 18.8 Å². The van der Waals surface area contributed by atoms with Crippen molar-refractivity contribution < 1.29 is 9.90 Å². The highest BCUT2D eigenvalue weighted by atomic mass is 79.9. The smallest absolute Gasteiger partial charge is 0.255 e. The van der Waals surface area contributed by atoms with Gasteiger partial charge in [0.05, 0.1) is 11.2 Å². The predicted octanol–water partition coefficient (Wildman–Crippen LogP) is 2.41. The molecule has 104 valence electrons. The molecule has 1 saturated heterocycles. The van der Waals surface area contributed by atoms with Crippen molar-refractivity contribution in [3.8, 4) is 0 Å². The maximum Gasteiger partial charge on any atom is 0.255 e. The van der Waals surface area contributed by atoms with Gasteiger partial charge >= 0.3 is 0 Å². The molecule has 0 bridgehead atoms. The number of carbonyl (C=O) groups is 1. The van der Waals surface area contributed by atoms with Crippen LogP contribution in [0.3, 0.4) is 0 Å². The van der Waals surface area contributed by atoms with Gasteiger partial charge in [-0.05, 0) is 44.4 Å². The van der Waals surface area contributed by atoms with Crippen LogP contribution in [0.5, 0.6) is 0 Å². The Bertz CT molecular complexity index is 488. The lowest BCUT2D eigenvalue weighted by Gasteiger charge is -2.23. The summed E-state index contributed by atoms with van der Waals surface area (Å²) in [5, 5.41) is 10.0. The van der Waals surface area contributed by atoms with Crippen LogP contribution in [0.2, 0.25) is 0 Å². The molecule has 1 aliphatic rings. The molecule has 4 nitrogen and oxygen atoms in total. The molecule has 0 aromatic heterocycles. The molecule has 1 aromatic carbocycles. The second-order valence-corrected chi connectivity index (χ2v) is 6.29. The second kappa shape index (κ2) is 5.51. The average molecular weight is 327 g/mol. The van der Waals surface area contributed by atoms with E-state index in [0.29, 0.717) is 30.8 Å². The van der Waals surface area contributed by atoms with Crippen LogP contribution >= 0.6 is 15.9 Å². The molecule has 19 heavy (non-hydrogen) atoms. The van der Waals surface area contributed by atoms with Crippen LogP contribution in [-0.2, 0) is 0 Å². The summed E-state index contributed by atoms with van der Waals surface area (Å²) in [4.78, 5) is 14.2. The van der Waals surface area contributed by atoms with Gasteiger partial charge in [-0.25, -0.2) is 0 Å². The maximum atomic E-state index is 12.4. The van der Waals surface area contributed by atoms with Crippen LogP contribution in [0.15, 0.2) is 22.7 Å². The number of nitrogens with two attached hydrogens (primary N) is 1. The number of amides is 1. The van der Waals surface area contributed by atoms with E-state index in [1.165, 1.54) is 0 Å². The Hall–Kier alpha value is -1.07. The van der Waals surface area contributed by atoms with Crippen LogP contribution in [0.1, 0.15) is 36.5 Å². The van der Waals surface area contributed by atoms with Crippen molar-refractivity contribution in [3.05, 3.63) is 28.2 Å². The number of hydrogen-bond acceptors (Lipinski definition) is 3. The number of hydrogen-bond donors (Lipinski definition) is 2. The van der Waals surface area contributed by atoms with Crippen molar-refractivity contribution in [2.24, 2.45) is 0 Å². The summed E-state index contributed by atoms with van der Waals surface area (Å²) in [5.74, 6) is -0.0531. The Morgan fingerprint density at radius 2 is 2.16 bits per heavy atom. The van der Waals surface area contributed by atoms with Gasteiger partial charge in [-0.3, -0.25) is 4.79 Å². The van der Waals surface area contributed by atoms with E-state index in [1.54, 1.807) is 17.0 Å². The molecule has 1 fully saturated rings. The number of rotatable bonds is 1. The van der Waals surface area contributed by atoms with Gasteiger partial charge < -0.3 is 15.7 Å². The van der Waals surface area contributed by atoms with E-state index in [4.69, 9.17) is 5.73 Å². The summed E-state index contributed by atoms with van der Waals surface area (Å²) < 4.78 is 0.861. The minimum atomic E-state index is -0.666. The number of anilines is 1. The highest BCUT2D eigenvalue weighted by Gasteiger charge is 2.28. The molecule has 0 spiro atoms. The Labute approximate surface area is 121 Å². The molecule has 2 rings (SSSR count). The molecule has 3 N–H and O–H groups in total. The van der Waals surface area contributed by atoms with Gasteiger partial charge in [0, 0.05) is 23.2 Å². The fraction of sp³-hybridized carbons (Fsp3) is 0.500. The number of nitrogens with zero attached hydrogens (tertiary/aromatic N) is 1. The minimum Gasteiger partial charge on any atom is -0.398 e. The molecule has 1 atom stereocenters. The summed E-state index contributed by atoms with van der Waals surface area (Å²) in [5.41, 5.74) is 6.24. The van der Waals surface area contributed by atoms with E-state index in [-0.39, 0.29) is 5.91 Å². The summed E-state index contributed by atoms with van der Waals surface area (Å²) in [6.45, 7) is 3.07. The fourth-order valence-corrected chi connectivity index (χ4v) is 2.74. The molecule has 1 aromatic rings.